The van der Waals surface area contributed by atoms with Gasteiger partial charge in [-0.1, -0.05) is 16.8 Å². The van der Waals surface area contributed by atoms with E-state index >= 15 is 0 Å². The number of benzene rings is 1. The lowest BCUT2D eigenvalue weighted by atomic mass is 9.99. The fourth-order valence-electron chi connectivity index (χ4n) is 3.15. The number of carbonyl (C=O) groups excluding carboxylic acids is 2. The highest BCUT2D eigenvalue weighted by Crippen LogP contribution is 2.29. The van der Waals surface area contributed by atoms with Crippen LogP contribution in [0.2, 0.25) is 5.02 Å². The second-order valence-electron chi connectivity index (χ2n) is 7.10. The molecule has 0 aliphatic carbocycles. The summed E-state index contributed by atoms with van der Waals surface area (Å²) >= 11 is 5.87. The molecule has 2 heterocycles. The van der Waals surface area contributed by atoms with Crippen LogP contribution in [0.3, 0.4) is 0 Å². The first-order valence-corrected chi connectivity index (χ1v) is 10.3. The number of nitrogens with two attached hydrogens (primary N) is 1. The number of nitrogens with one attached hydrogen (secondary N) is 1. The van der Waals surface area contributed by atoms with Crippen molar-refractivity contribution in [3.63, 3.8) is 0 Å². The number of aliphatic hydroxyl groups excluding tert-OH is 1. The number of amides is 2. The predicted octanol–water partition coefficient (Wildman–Crippen LogP) is 0.949. The van der Waals surface area contributed by atoms with Crippen molar-refractivity contribution >= 4 is 29.3 Å². The molecule has 1 aromatic heterocycles. The smallest absolute Gasteiger partial charge is 0.387 e. The lowest BCUT2D eigenvalue weighted by Crippen LogP contribution is -2.59. The lowest BCUT2D eigenvalue weighted by Gasteiger charge is -2.40. The number of hydrogen-bond acceptors (Lipinski definition) is 8. The van der Waals surface area contributed by atoms with Crippen molar-refractivity contribution in [2.24, 2.45) is 10.9 Å². The molecule has 182 valence electrons. The van der Waals surface area contributed by atoms with Crippen molar-refractivity contribution in [1.29, 1.82) is 0 Å². The SMILES string of the molecule is CO/N=C(/N)c1cnc(CNC(=O)C2CCN2C(=O)C(O)c2cc(Cl)cc(OC(F)F)c2)nc1. The van der Waals surface area contributed by atoms with Crippen LogP contribution in [0.1, 0.15) is 29.5 Å². The molecule has 2 atom stereocenters. The molecule has 2 aromatic rings. The Morgan fingerprint density at radius 2 is 2.06 bits per heavy atom. The van der Waals surface area contributed by atoms with Crippen molar-refractivity contribution in [2.75, 3.05) is 13.7 Å². The van der Waals surface area contributed by atoms with Gasteiger partial charge in [0.15, 0.2) is 11.9 Å². The molecule has 34 heavy (non-hydrogen) atoms. The van der Waals surface area contributed by atoms with Crippen LogP contribution in [0.4, 0.5) is 8.78 Å². The zero-order chi connectivity index (χ0) is 24.8. The summed E-state index contributed by atoms with van der Waals surface area (Å²) in [5, 5.41) is 16.6. The number of carbonyl (C=O) groups is 2. The van der Waals surface area contributed by atoms with Crippen LogP contribution in [-0.4, -0.2) is 63.9 Å². The number of aliphatic hydroxyl groups is 1. The maximum absolute atomic E-state index is 12.7. The monoisotopic (exact) mass is 498 g/mol. The van der Waals surface area contributed by atoms with Crippen molar-refractivity contribution in [3.05, 3.63) is 52.6 Å². The maximum Gasteiger partial charge on any atom is 0.387 e. The van der Waals surface area contributed by atoms with Crippen LogP contribution in [0.5, 0.6) is 5.75 Å². The Kier molecular flexibility index (Phi) is 8.12. The first kappa shape index (κ1) is 25.1. The van der Waals surface area contributed by atoms with Gasteiger partial charge in [-0.25, -0.2) is 9.97 Å². The number of hydrogen-bond donors (Lipinski definition) is 3. The number of aromatic nitrogens is 2. The topological polar surface area (TPSA) is 152 Å². The normalized spacial score (nSPS) is 16.6. The average Bonchev–Trinajstić information content (AvgIpc) is 2.76. The van der Waals surface area contributed by atoms with E-state index in [1.807, 2.05) is 0 Å². The Hall–Kier alpha value is -3.58. The van der Waals surface area contributed by atoms with E-state index in [-0.39, 0.29) is 35.3 Å². The second-order valence-corrected chi connectivity index (χ2v) is 7.54. The Balaban J connectivity index is 1.59. The van der Waals surface area contributed by atoms with E-state index < -0.39 is 30.6 Å². The van der Waals surface area contributed by atoms with Crippen LogP contribution in [-0.2, 0) is 21.0 Å². The zero-order valence-corrected chi connectivity index (χ0v) is 18.6. The Morgan fingerprint density at radius 3 is 2.65 bits per heavy atom. The fourth-order valence-corrected chi connectivity index (χ4v) is 3.38. The van der Waals surface area contributed by atoms with Crippen LogP contribution in [0, 0.1) is 0 Å². The molecule has 0 radical (unpaired) electrons. The molecular weight excluding hydrogens is 478 g/mol. The van der Waals surface area contributed by atoms with Crippen molar-refractivity contribution in [2.45, 2.75) is 31.7 Å². The number of halogens is 3. The summed E-state index contributed by atoms with van der Waals surface area (Å²) in [6.07, 6.45) is 1.49. The molecule has 2 unspecified atom stereocenters. The third kappa shape index (κ3) is 6.05. The second kappa shape index (κ2) is 11.0. The summed E-state index contributed by atoms with van der Waals surface area (Å²) in [7, 11) is 1.35. The largest absolute Gasteiger partial charge is 0.435 e. The fraction of sp³-hybridized carbons (Fsp3) is 0.350. The first-order valence-electron chi connectivity index (χ1n) is 9.89. The van der Waals surface area contributed by atoms with Crippen LogP contribution >= 0.6 is 11.6 Å². The molecule has 11 nitrogen and oxygen atoms in total. The summed E-state index contributed by atoms with van der Waals surface area (Å²) in [4.78, 5) is 39.2. The van der Waals surface area contributed by atoms with Gasteiger partial charge in [-0.2, -0.15) is 8.78 Å². The highest BCUT2D eigenvalue weighted by molar-refractivity contribution is 6.30. The minimum atomic E-state index is -3.10. The van der Waals surface area contributed by atoms with Gasteiger partial charge in [0.1, 0.15) is 24.7 Å². The summed E-state index contributed by atoms with van der Waals surface area (Å²) in [5.74, 6) is -1.15. The highest BCUT2D eigenvalue weighted by atomic mass is 35.5. The quantitative estimate of drug-likeness (QED) is 0.262. The summed E-state index contributed by atoms with van der Waals surface area (Å²) < 4.78 is 29.3. The van der Waals surface area contributed by atoms with Gasteiger partial charge in [0.05, 0.1) is 12.1 Å². The van der Waals surface area contributed by atoms with E-state index in [2.05, 4.69) is 30.0 Å². The Morgan fingerprint density at radius 1 is 1.35 bits per heavy atom. The van der Waals surface area contributed by atoms with Gasteiger partial charge >= 0.3 is 6.61 Å². The van der Waals surface area contributed by atoms with Crippen LogP contribution < -0.4 is 15.8 Å². The number of ether oxygens (including phenoxy) is 1. The molecule has 4 N–H and O–H groups in total. The molecule has 1 saturated heterocycles. The molecular formula is C20H21ClF2N6O5. The van der Waals surface area contributed by atoms with Gasteiger partial charge in [-0.05, 0) is 30.2 Å². The number of rotatable bonds is 9. The molecule has 1 aromatic carbocycles. The standard InChI is InChI=1S/C20H21ClF2N6O5/c1-33-28-17(24)11-7-25-15(26-8-11)9-27-18(31)14-2-3-29(14)19(32)16(30)10-4-12(21)6-13(5-10)34-20(22)23/h4-8,14,16,20,30H,2-3,9H2,1H3,(H2,24,28)(H,27,31). The third-order valence-corrected chi connectivity index (χ3v) is 5.10. The lowest BCUT2D eigenvalue weighted by molar-refractivity contribution is -0.154. The van der Waals surface area contributed by atoms with E-state index in [9.17, 15) is 23.5 Å². The highest BCUT2D eigenvalue weighted by Gasteiger charge is 2.40. The first-order chi connectivity index (χ1) is 16.2. The van der Waals surface area contributed by atoms with E-state index in [0.717, 1.165) is 12.1 Å². The summed E-state index contributed by atoms with van der Waals surface area (Å²) in [5.41, 5.74) is 6.06. The summed E-state index contributed by atoms with van der Waals surface area (Å²) in [6, 6.07) is 2.65. The number of likely N-dealkylation sites (tertiary alicyclic amines) is 1. The van der Waals surface area contributed by atoms with Crippen molar-refractivity contribution in [3.8, 4) is 5.75 Å². The summed E-state index contributed by atoms with van der Waals surface area (Å²) in [6.45, 7) is -2.87. The van der Waals surface area contributed by atoms with Gasteiger partial charge in [0, 0.05) is 24.0 Å². The number of oxime groups is 1. The molecule has 0 spiro atoms. The van der Waals surface area contributed by atoms with E-state index in [1.165, 1.54) is 30.5 Å². The van der Waals surface area contributed by atoms with E-state index in [0.29, 0.717) is 17.8 Å². The minimum Gasteiger partial charge on any atom is -0.435 e. The molecule has 1 aliphatic rings. The van der Waals surface area contributed by atoms with E-state index in [4.69, 9.17) is 17.3 Å². The Bertz CT molecular complexity index is 1070. The molecule has 14 heteroatoms. The third-order valence-electron chi connectivity index (χ3n) is 4.89. The zero-order valence-electron chi connectivity index (χ0n) is 17.8. The van der Waals surface area contributed by atoms with Gasteiger partial charge in [-0.15, -0.1) is 0 Å². The van der Waals surface area contributed by atoms with Crippen molar-refractivity contribution in [1.82, 2.24) is 20.2 Å². The van der Waals surface area contributed by atoms with Crippen LogP contribution in [0.15, 0.2) is 35.7 Å². The minimum absolute atomic E-state index is 0.000769. The molecule has 0 bridgehead atoms. The molecule has 0 saturated carbocycles. The number of nitrogens with zero attached hydrogens (tertiary/aromatic N) is 4. The van der Waals surface area contributed by atoms with Gasteiger partial charge in [0.2, 0.25) is 5.91 Å². The molecule has 3 rings (SSSR count). The van der Waals surface area contributed by atoms with Gasteiger partial charge in [0.25, 0.3) is 5.91 Å². The molecule has 1 fully saturated rings. The molecule has 2 amide bonds. The molecule has 1 aliphatic heterocycles. The van der Waals surface area contributed by atoms with Gasteiger partial charge < -0.3 is 30.6 Å². The van der Waals surface area contributed by atoms with E-state index in [1.54, 1.807) is 0 Å². The predicted molar refractivity (Wildman–Crippen MR) is 115 cm³/mol. The maximum atomic E-state index is 12.7. The van der Waals surface area contributed by atoms with Gasteiger partial charge in [-0.3, -0.25) is 9.59 Å². The van der Waals surface area contributed by atoms with Crippen LogP contribution in [0.25, 0.3) is 0 Å². The average molecular weight is 499 g/mol. The van der Waals surface area contributed by atoms with Crippen molar-refractivity contribution < 1.29 is 33.1 Å². The number of amidine groups is 1. The Labute approximate surface area is 197 Å². The number of alkyl halides is 2.